The number of aryl methyl sites for hydroxylation is 3. The quantitative estimate of drug-likeness (QED) is 0.773. The smallest absolute Gasteiger partial charge is 0.0758 e. The molecule has 0 aliphatic heterocycles. The highest BCUT2D eigenvalue weighted by atomic mass is 14.9. The minimum atomic E-state index is 1.13. The van der Waals surface area contributed by atoms with E-state index in [4.69, 9.17) is 4.98 Å². The summed E-state index contributed by atoms with van der Waals surface area (Å²) in [6.07, 6.45) is 6.20. The Morgan fingerprint density at radius 2 is 1.74 bits per heavy atom. The maximum atomic E-state index is 5.00. The van der Waals surface area contributed by atoms with Crippen molar-refractivity contribution in [2.75, 3.05) is 12.4 Å². The van der Waals surface area contributed by atoms with E-state index < -0.39 is 0 Å². The first-order chi connectivity index (χ1) is 9.22. The third kappa shape index (κ3) is 1.99. The molecule has 1 aromatic heterocycles. The molecule has 3 rings (SSSR count). The topological polar surface area (TPSA) is 24.9 Å². The Morgan fingerprint density at radius 1 is 1.00 bits per heavy atom. The Bertz CT molecular complexity index is 629. The molecule has 0 spiro atoms. The molecule has 2 heteroatoms. The molecule has 0 amide bonds. The summed E-state index contributed by atoms with van der Waals surface area (Å²) in [6.45, 7) is 4.35. The summed E-state index contributed by atoms with van der Waals surface area (Å²) in [5.41, 5.74) is 7.89. The summed E-state index contributed by atoms with van der Waals surface area (Å²) in [5.74, 6) is 0. The number of pyridine rings is 1. The SMILES string of the molecule is CNc1c2c(nc3c(C)ccc(C)c13)CCCCC2. The van der Waals surface area contributed by atoms with Gasteiger partial charge in [0.05, 0.1) is 5.52 Å². The van der Waals surface area contributed by atoms with Crippen LogP contribution in [-0.2, 0) is 12.8 Å². The van der Waals surface area contributed by atoms with Gasteiger partial charge in [0.15, 0.2) is 0 Å². The van der Waals surface area contributed by atoms with E-state index in [1.54, 1.807) is 0 Å². The van der Waals surface area contributed by atoms with Crippen molar-refractivity contribution in [1.29, 1.82) is 0 Å². The lowest BCUT2D eigenvalue weighted by atomic mass is 9.97. The number of nitrogens with zero attached hydrogens (tertiary/aromatic N) is 1. The molecular weight excluding hydrogens is 232 g/mol. The molecule has 0 saturated heterocycles. The van der Waals surface area contributed by atoms with Gasteiger partial charge in [0.2, 0.25) is 0 Å². The minimum absolute atomic E-state index is 1.13. The van der Waals surface area contributed by atoms with Crippen molar-refractivity contribution < 1.29 is 0 Å². The Hall–Kier alpha value is -1.57. The van der Waals surface area contributed by atoms with Crippen LogP contribution in [0, 0.1) is 13.8 Å². The Labute approximate surface area is 115 Å². The third-order valence-corrected chi connectivity index (χ3v) is 4.33. The number of benzene rings is 1. The fourth-order valence-corrected chi connectivity index (χ4v) is 3.28. The van der Waals surface area contributed by atoms with Crippen molar-refractivity contribution >= 4 is 16.6 Å². The molecule has 1 N–H and O–H groups in total. The van der Waals surface area contributed by atoms with E-state index in [9.17, 15) is 0 Å². The van der Waals surface area contributed by atoms with Crippen molar-refractivity contribution in [2.24, 2.45) is 0 Å². The highest BCUT2D eigenvalue weighted by Gasteiger charge is 2.18. The molecule has 0 bridgehead atoms. The zero-order valence-electron chi connectivity index (χ0n) is 12.1. The van der Waals surface area contributed by atoms with Gasteiger partial charge in [0.1, 0.15) is 0 Å². The summed E-state index contributed by atoms with van der Waals surface area (Å²) in [5, 5.41) is 4.78. The minimum Gasteiger partial charge on any atom is -0.387 e. The van der Waals surface area contributed by atoms with Crippen molar-refractivity contribution in [3.63, 3.8) is 0 Å². The van der Waals surface area contributed by atoms with E-state index in [0.717, 1.165) is 6.42 Å². The van der Waals surface area contributed by atoms with Gasteiger partial charge >= 0.3 is 0 Å². The maximum absolute atomic E-state index is 5.00. The predicted molar refractivity (Wildman–Crippen MR) is 82.0 cm³/mol. The second-order valence-corrected chi connectivity index (χ2v) is 5.65. The third-order valence-electron chi connectivity index (χ3n) is 4.33. The molecule has 1 aliphatic rings. The van der Waals surface area contributed by atoms with Crippen LogP contribution in [-0.4, -0.2) is 12.0 Å². The largest absolute Gasteiger partial charge is 0.387 e. The van der Waals surface area contributed by atoms with Crippen LogP contribution in [0.2, 0.25) is 0 Å². The molecule has 2 nitrogen and oxygen atoms in total. The number of anilines is 1. The van der Waals surface area contributed by atoms with Crippen LogP contribution in [0.25, 0.3) is 10.9 Å². The van der Waals surface area contributed by atoms with Gasteiger partial charge in [-0.05, 0) is 56.2 Å². The second-order valence-electron chi connectivity index (χ2n) is 5.65. The fraction of sp³-hybridized carbons (Fsp3) is 0.471. The first-order valence-electron chi connectivity index (χ1n) is 7.32. The zero-order valence-corrected chi connectivity index (χ0v) is 12.1. The Kier molecular flexibility index (Phi) is 3.17. The first-order valence-corrected chi connectivity index (χ1v) is 7.32. The number of aromatic nitrogens is 1. The molecular formula is C17H22N2. The molecule has 2 aromatic rings. The van der Waals surface area contributed by atoms with E-state index >= 15 is 0 Å². The van der Waals surface area contributed by atoms with Gasteiger partial charge in [-0.3, -0.25) is 4.98 Å². The maximum Gasteiger partial charge on any atom is 0.0758 e. The molecule has 1 aliphatic carbocycles. The van der Waals surface area contributed by atoms with Crippen molar-refractivity contribution in [2.45, 2.75) is 46.0 Å². The molecule has 1 heterocycles. The van der Waals surface area contributed by atoms with Crippen molar-refractivity contribution in [3.05, 3.63) is 34.5 Å². The van der Waals surface area contributed by atoms with Gasteiger partial charge in [0, 0.05) is 23.8 Å². The first kappa shape index (κ1) is 12.5. The average molecular weight is 254 g/mol. The highest BCUT2D eigenvalue weighted by molar-refractivity contribution is 5.97. The zero-order chi connectivity index (χ0) is 13.4. The van der Waals surface area contributed by atoms with Gasteiger partial charge in [-0.15, -0.1) is 0 Å². The number of nitrogens with one attached hydrogen (secondary N) is 1. The predicted octanol–water partition coefficient (Wildman–Crippen LogP) is 4.16. The molecule has 0 fully saturated rings. The molecule has 0 saturated carbocycles. The van der Waals surface area contributed by atoms with Crippen LogP contribution < -0.4 is 5.32 Å². The molecule has 0 atom stereocenters. The standard InChI is InChI=1S/C17H22N2/c1-11-9-10-12(2)16-15(11)17(18-3)13-7-5-4-6-8-14(13)19-16/h9-10H,4-8H2,1-3H3,(H,18,19). The van der Waals surface area contributed by atoms with Crippen LogP contribution in [0.1, 0.15) is 41.6 Å². The highest BCUT2D eigenvalue weighted by Crippen LogP contribution is 2.35. The van der Waals surface area contributed by atoms with E-state index in [2.05, 4.69) is 31.3 Å². The fourth-order valence-electron chi connectivity index (χ4n) is 3.28. The molecule has 0 radical (unpaired) electrons. The van der Waals surface area contributed by atoms with Gasteiger partial charge in [0.25, 0.3) is 0 Å². The van der Waals surface area contributed by atoms with Gasteiger partial charge in [-0.25, -0.2) is 0 Å². The van der Waals surface area contributed by atoms with Crippen molar-refractivity contribution in [3.8, 4) is 0 Å². The van der Waals surface area contributed by atoms with Crippen LogP contribution in [0.15, 0.2) is 12.1 Å². The van der Waals surface area contributed by atoms with Gasteiger partial charge in [-0.2, -0.15) is 0 Å². The van der Waals surface area contributed by atoms with Crippen LogP contribution in [0.3, 0.4) is 0 Å². The summed E-state index contributed by atoms with van der Waals surface area (Å²) in [7, 11) is 2.04. The van der Waals surface area contributed by atoms with Gasteiger partial charge < -0.3 is 5.32 Å². The normalized spacial score (nSPS) is 15.1. The Balaban J connectivity index is 2.39. The van der Waals surface area contributed by atoms with E-state index in [1.807, 2.05) is 7.05 Å². The lowest BCUT2D eigenvalue weighted by Crippen LogP contribution is -2.05. The molecule has 19 heavy (non-hydrogen) atoms. The lowest BCUT2D eigenvalue weighted by molar-refractivity contribution is 0.709. The van der Waals surface area contributed by atoms with Crippen LogP contribution in [0.5, 0.6) is 0 Å². The molecule has 100 valence electrons. The van der Waals surface area contributed by atoms with Gasteiger partial charge in [-0.1, -0.05) is 18.6 Å². The second kappa shape index (κ2) is 4.84. The average Bonchev–Trinajstić information content (AvgIpc) is 2.66. The number of fused-ring (bicyclic) bond motifs is 2. The summed E-state index contributed by atoms with van der Waals surface area (Å²) in [6, 6.07) is 4.40. The summed E-state index contributed by atoms with van der Waals surface area (Å²) < 4.78 is 0. The summed E-state index contributed by atoms with van der Waals surface area (Å²) in [4.78, 5) is 5.00. The summed E-state index contributed by atoms with van der Waals surface area (Å²) >= 11 is 0. The monoisotopic (exact) mass is 254 g/mol. The van der Waals surface area contributed by atoms with E-state index in [0.29, 0.717) is 0 Å². The molecule has 0 unspecified atom stereocenters. The number of rotatable bonds is 1. The lowest BCUT2D eigenvalue weighted by Gasteiger charge is -2.17. The number of hydrogen-bond acceptors (Lipinski definition) is 2. The molecule has 1 aromatic carbocycles. The Morgan fingerprint density at radius 3 is 2.53 bits per heavy atom. The van der Waals surface area contributed by atoms with E-state index in [1.165, 1.54) is 64.7 Å². The van der Waals surface area contributed by atoms with Crippen LogP contribution in [0.4, 0.5) is 5.69 Å². The van der Waals surface area contributed by atoms with Crippen molar-refractivity contribution in [1.82, 2.24) is 4.98 Å². The number of hydrogen-bond donors (Lipinski definition) is 1. The van der Waals surface area contributed by atoms with E-state index in [-0.39, 0.29) is 0 Å². The van der Waals surface area contributed by atoms with Crippen LogP contribution >= 0.6 is 0 Å².